The van der Waals surface area contributed by atoms with Crippen LogP contribution in [0.25, 0.3) is 0 Å². The van der Waals surface area contributed by atoms with E-state index in [0.717, 1.165) is 9.87 Å². The third-order valence-corrected chi connectivity index (χ3v) is 8.16. The fourth-order valence-electron chi connectivity index (χ4n) is 4.16. The predicted octanol–water partition coefficient (Wildman–Crippen LogP) is 5.70. The highest BCUT2D eigenvalue weighted by atomic mass is 35.5. The fraction of sp³-hybridized carbons (Fsp3) is 0.333. The van der Waals surface area contributed by atoms with Gasteiger partial charge in [0.25, 0.3) is 10.0 Å². The Morgan fingerprint density at radius 3 is 2.17 bits per heavy atom. The second-order valence-electron chi connectivity index (χ2n) is 10.6. The van der Waals surface area contributed by atoms with Gasteiger partial charge in [-0.2, -0.15) is 0 Å². The predicted molar refractivity (Wildman–Crippen MR) is 156 cm³/mol. The Morgan fingerprint density at radius 1 is 1.00 bits per heavy atom. The highest BCUT2D eigenvalue weighted by molar-refractivity contribution is 7.92. The summed E-state index contributed by atoms with van der Waals surface area (Å²) in [4.78, 5) is 28.7. The van der Waals surface area contributed by atoms with Crippen LogP contribution in [0.5, 0.6) is 0 Å². The van der Waals surface area contributed by atoms with E-state index >= 15 is 0 Å². The Kier molecular flexibility index (Phi) is 9.97. The Hall–Kier alpha value is -3.43. The first-order chi connectivity index (χ1) is 18.7. The van der Waals surface area contributed by atoms with E-state index in [9.17, 15) is 22.4 Å². The van der Waals surface area contributed by atoms with Crippen molar-refractivity contribution in [1.29, 1.82) is 0 Å². The zero-order valence-corrected chi connectivity index (χ0v) is 24.9. The summed E-state index contributed by atoms with van der Waals surface area (Å²) in [6.45, 7) is 8.50. The van der Waals surface area contributed by atoms with Gasteiger partial charge in [0.1, 0.15) is 18.4 Å². The molecule has 3 aromatic carbocycles. The van der Waals surface area contributed by atoms with Crippen LogP contribution in [0.3, 0.4) is 0 Å². The minimum atomic E-state index is -4.20. The number of carbonyl (C=O) groups is 2. The van der Waals surface area contributed by atoms with Gasteiger partial charge >= 0.3 is 0 Å². The van der Waals surface area contributed by atoms with Crippen LogP contribution >= 0.6 is 11.6 Å². The summed E-state index contributed by atoms with van der Waals surface area (Å²) in [5.74, 6) is -1.41. The summed E-state index contributed by atoms with van der Waals surface area (Å²) in [5, 5.41) is 3.21. The lowest BCUT2D eigenvalue weighted by Gasteiger charge is -2.34. The number of anilines is 1. The molecule has 0 aromatic heterocycles. The third-order valence-electron chi connectivity index (χ3n) is 6.13. The number of nitrogens with one attached hydrogen (secondary N) is 1. The lowest BCUT2D eigenvalue weighted by atomic mass is 10.1. The number of nitrogens with zero attached hydrogens (tertiary/aromatic N) is 2. The quantitative estimate of drug-likeness (QED) is 0.329. The molecule has 0 saturated heterocycles. The molecule has 10 heteroatoms. The number of carbonyl (C=O) groups excluding carboxylic acids is 2. The first-order valence-corrected chi connectivity index (χ1v) is 14.7. The van der Waals surface area contributed by atoms with E-state index in [0.29, 0.717) is 10.6 Å². The van der Waals surface area contributed by atoms with Crippen LogP contribution in [0.4, 0.5) is 10.1 Å². The number of halogens is 2. The largest absolute Gasteiger partial charge is 0.350 e. The molecule has 40 heavy (non-hydrogen) atoms. The van der Waals surface area contributed by atoms with Gasteiger partial charge in [0, 0.05) is 17.1 Å². The van der Waals surface area contributed by atoms with E-state index < -0.39 is 39.9 Å². The second kappa shape index (κ2) is 12.8. The molecular formula is C30H35ClFN3O4S. The van der Waals surface area contributed by atoms with Gasteiger partial charge < -0.3 is 10.2 Å². The Balaban J connectivity index is 2.07. The summed E-state index contributed by atoms with van der Waals surface area (Å²) in [6.07, 6.45) is 0.275. The monoisotopic (exact) mass is 587 g/mol. The standard InChI is InChI=1S/C30H35ClFN3O4S/c1-6-27(29(37)33-30(3,4)5)34(19-22-12-14-24(32)15-13-22)28(36)20-35(25-9-7-8-23(31)18-25)40(38,39)26-16-10-21(2)11-17-26/h7-18,27H,6,19-20H2,1-5H3,(H,33,37). The first-order valence-electron chi connectivity index (χ1n) is 12.9. The molecule has 0 fully saturated rings. The third kappa shape index (κ3) is 8.05. The van der Waals surface area contributed by atoms with Crippen LogP contribution < -0.4 is 9.62 Å². The van der Waals surface area contributed by atoms with E-state index in [1.165, 1.54) is 47.4 Å². The molecule has 0 spiro atoms. The van der Waals surface area contributed by atoms with Crippen molar-refractivity contribution in [3.63, 3.8) is 0 Å². The highest BCUT2D eigenvalue weighted by Gasteiger charge is 2.34. The molecule has 3 rings (SSSR count). The normalized spacial score (nSPS) is 12.5. The molecule has 1 atom stereocenters. The van der Waals surface area contributed by atoms with Crippen LogP contribution in [0.15, 0.2) is 77.7 Å². The van der Waals surface area contributed by atoms with Crippen LogP contribution in [0, 0.1) is 12.7 Å². The van der Waals surface area contributed by atoms with Crippen molar-refractivity contribution in [2.75, 3.05) is 10.8 Å². The topological polar surface area (TPSA) is 86.8 Å². The smallest absolute Gasteiger partial charge is 0.264 e. The Bertz CT molecular complexity index is 1440. The molecule has 1 unspecified atom stereocenters. The average Bonchev–Trinajstić information content (AvgIpc) is 2.87. The second-order valence-corrected chi connectivity index (χ2v) is 12.9. The number of benzene rings is 3. The summed E-state index contributed by atoms with van der Waals surface area (Å²) < 4.78 is 42.3. The van der Waals surface area contributed by atoms with E-state index in [1.54, 1.807) is 37.3 Å². The number of amides is 2. The van der Waals surface area contributed by atoms with Crippen molar-refractivity contribution in [3.8, 4) is 0 Å². The molecule has 3 aromatic rings. The molecule has 0 radical (unpaired) electrons. The number of sulfonamides is 1. The zero-order chi connectivity index (χ0) is 29.7. The number of hydrogen-bond donors (Lipinski definition) is 1. The minimum Gasteiger partial charge on any atom is -0.350 e. The van der Waals surface area contributed by atoms with Crippen LogP contribution in [-0.4, -0.2) is 43.3 Å². The van der Waals surface area contributed by atoms with Gasteiger partial charge in [-0.1, -0.05) is 54.4 Å². The van der Waals surface area contributed by atoms with E-state index in [-0.39, 0.29) is 29.5 Å². The van der Waals surface area contributed by atoms with Gasteiger partial charge in [0.15, 0.2) is 0 Å². The first kappa shape index (κ1) is 31.1. The van der Waals surface area contributed by atoms with Crippen LogP contribution in [0.1, 0.15) is 45.2 Å². The summed E-state index contributed by atoms with van der Waals surface area (Å²) >= 11 is 6.20. The summed E-state index contributed by atoms with van der Waals surface area (Å²) in [6, 6.07) is 17.2. The number of aryl methyl sites for hydroxylation is 1. The molecule has 7 nitrogen and oxygen atoms in total. The zero-order valence-electron chi connectivity index (χ0n) is 23.3. The van der Waals surface area contributed by atoms with Crippen molar-refractivity contribution < 1.29 is 22.4 Å². The number of rotatable bonds is 10. The van der Waals surface area contributed by atoms with Gasteiger partial charge in [-0.25, -0.2) is 12.8 Å². The highest BCUT2D eigenvalue weighted by Crippen LogP contribution is 2.27. The fourth-order valence-corrected chi connectivity index (χ4v) is 5.75. The average molecular weight is 588 g/mol. The van der Waals surface area contributed by atoms with E-state index in [4.69, 9.17) is 11.6 Å². The summed E-state index contributed by atoms with van der Waals surface area (Å²) in [7, 11) is -4.20. The van der Waals surface area contributed by atoms with Gasteiger partial charge in [0.2, 0.25) is 11.8 Å². The molecule has 0 aliphatic rings. The molecule has 2 amide bonds. The van der Waals surface area contributed by atoms with Crippen molar-refractivity contribution in [3.05, 3.63) is 94.8 Å². The van der Waals surface area contributed by atoms with Crippen LogP contribution in [0.2, 0.25) is 5.02 Å². The molecular weight excluding hydrogens is 553 g/mol. The molecule has 0 heterocycles. The Labute approximate surface area is 241 Å². The van der Waals surface area contributed by atoms with Crippen molar-refractivity contribution in [2.24, 2.45) is 0 Å². The van der Waals surface area contributed by atoms with Gasteiger partial charge in [-0.05, 0) is 82.1 Å². The lowest BCUT2D eigenvalue weighted by Crippen LogP contribution is -2.55. The molecule has 0 saturated carbocycles. The van der Waals surface area contributed by atoms with Crippen molar-refractivity contribution in [2.45, 2.75) is 64.1 Å². The SMILES string of the molecule is CCC(C(=O)NC(C)(C)C)N(Cc1ccc(F)cc1)C(=O)CN(c1cccc(Cl)c1)S(=O)(=O)c1ccc(C)cc1. The number of hydrogen-bond acceptors (Lipinski definition) is 4. The molecule has 0 aliphatic carbocycles. The minimum absolute atomic E-state index is 0.00785. The van der Waals surface area contributed by atoms with Crippen molar-refractivity contribution >= 4 is 39.1 Å². The van der Waals surface area contributed by atoms with Crippen molar-refractivity contribution in [1.82, 2.24) is 10.2 Å². The van der Waals surface area contributed by atoms with Crippen LogP contribution in [-0.2, 0) is 26.2 Å². The van der Waals surface area contributed by atoms with E-state index in [2.05, 4.69) is 5.32 Å². The summed E-state index contributed by atoms with van der Waals surface area (Å²) in [5.41, 5.74) is 1.12. The molecule has 1 N–H and O–H groups in total. The molecule has 0 bridgehead atoms. The molecule has 0 aliphatic heterocycles. The maximum atomic E-state index is 14.0. The van der Waals surface area contributed by atoms with Gasteiger partial charge in [0.05, 0.1) is 10.6 Å². The van der Waals surface area contributed by atoms with E-state index in [1.807, 2.05) is 27.7 Å². The Morgan fingerprint density at radius 2 is 1.62 bits per heavy atom. The maximum absolute atomic E-state index is 14.0. The van der Waals surface area contributed by atoms with Gasteiger partial charge in [-0.15, -0.1) is 0 Å². The maximum Gasteiger partial charge on any atom is 0.264 e. The van der Waals surface area contributed by atoms with Gasteiger partial charge in [-0.3, -0.25) is 13.9 Å². The molecule has 214 valence electrons. The lowest BCUT2D eigenvalue weighted by molar-refractivity contribution is -0.141.